The summed E-state index contributed by atoms with van der Waals surface area (Å²) in [5.41, 5.74) is -0.600. The zero-order valence-electron chi connectivity index (χ0n) is 17.9. The van der Waals surface area contributed by atoms with Gasteiger partial charge in [0, 0.05) is 19.6 Å². The standard InChI is InChI=1S/C25H32FNO4/c26-22-6-8-23(9-7-22)31-19-25(29)17-27(14-15-30-18-25)16-24(28)12-10-21(11-13-24)20-4-2-1-3-5-20/h1-9,21,28-29H,10-19H2/t21?,24?,25-/m1/s1. The first-order valence-electron chi connectivity index (χ1n) is 11.1. The summed E-state index contributed by atoms with van der Waals surface area (Å²) in [6.07, 6.45) is 3.41. The molecule has 0 radical (unpaired) electrons. The first kappa shape index (κ1) is 22.2. The summed E-state index contributed by atoms with van der Waals surface area (Å²) in [5.74, 6) is 0.670. The molecule has 31 heavy (non-hydrogen) atoms. The number of hydrogen-bond donors (Lipinski definition) is 2. The Kier molecular flexibility index (Phi) is 6.92. The Hall–Kier alpha value is -1.99. The lowest BCUT2D eigenvalue weighted by atomic mass is 9.76. The zero-order chi connectivity index (χ0) is 21.7. The van der Waals surface area contributed by atoms with E-state index < -0.39 is 11.2 Å². The molecule has 1 saturated carbocycles. The highest BCUT2D eigenvalue weighted by molar-refractivity contribution is 5.22. The van der Waals surface area contributed by atoms with Crippen LogP contribution in [-0.4, -0.2) is 65.8 Å². The summed E-state index contributed by atoms with van der Waals surface area (Å²) < 4.78 is 24.4. The minimum absolute atomic E-state index is 0.0453. The molecule has 0 bridgehead atoms. The fourth-order valence-electron chi connectivity index (χ4n) is 4.76. The van der Waals surface area contributed by atoms with Gasteiger partial charge in [0.05, 0.1) is 18.8 Å². The van der Waals surface area contributed by atoms with Gasteiger partial charge in [0.1, 0.15) is 23.8 Å². The Morgan fingerprint density at radius 3 is 2.42 bits per heavy atom. The number of hydrogen-bond acceptors (Lipinski definition) is 5. The van der Waals surface area contributed by atoms with Crippen LogP contribution < -0.4 is 4.74 Å². The van der Waals surface area contributed by atoms with Crippen LogP contribution in [0.2, 0.25) is 0 Å². The second-order valence-electron chi connectivity index (χ2n) is 9.14. The molecule has 4 rings (SSSR count). The molecule has 1 aliphatic carbocycles. The van der Waals surface area contributed by atoms with E-state index >= 15 is 0 Å². The first-order valence-corrected chi connectivity index (χ1v) is 11.1. The molecule has 0 spiro atoms. The van der Waals surface area contributed by atoms with Gasteiger partial charge in [-0.2, -0.15) is 0 Å². The molecule has 1 saturated heterocycles. The Bertz CT molecular complexity index is 823. The highest BCUT2D eigenvalue weighted by Gasteiger charge is 2.39. The molecule has 0 unspecified atom stereocenters. The molecule has 0 amide bonds. The monoisotopic (exact) mass is 429 g/mol. The van der Waals surface area contributed by atoms with Gasteiger partial charge >= 0.3 is 0 Å². The van der Waals surface area contributed by atoms with Crippen molar-refractivity contribution in [3.8, 4) is 5.75 Å². The molecule has 2 aliphatic rings. The summed E-state index contributed by atoms with van der Waals surface area (Å²) in [6.45, 7) is 2.24. The van der Waals surface area contributed by atoms with Gasteiger partial charge in [-0.05, 0) is 61.4 Å². The topological polar surface area (TPSA) is 62.2 Å². The van der Waals surface area contributed by atoms with Crippen LogP contribution in [0.25, 0.3) is 0 Å². The van der Waals surface area contributed by atoms with E-state index in [2.05, 4.69) is 29.2 Å². The van der Waals surface area contributed by atoms with Crippen molar-refractivity contribution >= 4 is 0 Å². The van der Waals surface area contributed by atoms with E-state index in [0.717, 1.165) is 25.7 Å². The molecule has 5 nitrogen and oxygen atoms in total. The third-order valence-electron chi connectivity index (χ3n) is 6.47. The van der Waals surface area contributed by atoms with Crippen molar-refractivity contribution in [2.75, 3.05) is 39.5 Å². The second kappa shape index (κ2) is 9.65. The van der Waals surface area contributed by atoms with Gasteiger partial charge < -0.3 is 19.7 Å². The van der Waals surface area contributed by atoms with Gasteiger partial charge in [-0.25, -0.2) is 4.39 Å². The van der Waals surface area contributed by atoms with Crippen molar-refractivity contribution < 1.29 is 24.1 Å². The number of aliphatic hydroxyl groups is 2. The lowest BCUT2D eigenvalue weighted by molar-refractivity contribution is -0.0766. The van der Waals surface area contributed by atoms with E-state index in [9.17, 15) is 14.6 Å². The van der Waals surface area contributed by atoms with E-state index in [-0.39, 0.29) is 19.0 Å². The Morgan fingerprint density at radius 2 is 1.71 bits per heavy atom. The summed E-state index contributed by atoms with van der Waals surface area (Å²) in [7, 11) is 0. The van der Waals surface area contributed by atoms with Crippen molar-refractivity contribution in [2.24, 2.45) is 0 Å². The van der Waals surface area contributed by atoms with Crippen LogP contribution in [-0.2, 0) is 4.74 Å². The van der Waals surface area contributed by atoms with E-state index in [1.165, 1.54) is 17.7 Å². The minimum atomic E-state index is -1.19. The predicted octanol–water partition coefficient (Wildman–Crippen LogP) is 3.36. The van der Waals surface area contributed by atoms with Gasteiger partial charge in [-0.15, -0.1) is 0 Å². The fraction of sp³-hybridized carbons (Fsp3) is 0.520. The predicted molar refractivity (Wildman–Crippen MR) is 117 cm³/mol. The number of rotatable bonds is 6. The maximum Gasteiger partial charge on any atom is 0.134 e. The maximum absolute atomic E-state index is 13.1. The molecule has 1 atom stereocenters. The van der Waals surface area contributed by atoms with Crippen molar-refractivity contribution in [1.29, 1.82) is 0 Å². The van der Waals surface area contributed by atoms with Gasteiger partial charge in [-0.3, -0.25) is 4.90 Å². The zero-order valence-corrected chi connectivity index (χ0v) is 17.9. The Labute approximate surface area is 183 Å². The highest BCUT2D eigenvalue weighted by Crippen LogP contribution is 2.38. The van der Waals surface area contributed by atoms with Crippen LogP contribution in [0.3, 0.4) is 0 Å². The van der Waals surface area contributed by atoms with Crippen molar-refractivity contribution in [3.63, 3.8) is 0 Å². The lowest BCUT2D eigenvalue weighted by Gasteiger charge is -2.40. The van der Waals surface area contributed by atoms with E-state index in [0.29, 0.717) is 37.9 Å². The van der Waals surface area contributed by atoms with E-state index in [1.807, 2.05) is 6.07 Å². The Morgan fingerprint density at radius 1 is 1.00 bits per heavy atom. The summed E-state index contributed by atoms with van der Waals surface area (Å²) in [5, 5.41) is 22.3. The number of benzene rings is 2. The van der Waals surface area contributed by atoms with Gasteiger partial charge in [-0.1, -0.05) is 30.3 Å². The number of nitrogens with zero attached hydrogens (tertiary/aromatic N) is 1. The van der Waals surface area contributed by atoms with Crippen LogP contribution in [0.4, 0.5) is 4.39 Å². The van der Waals surface area contributed by atoms with Gasteiger partial charge in [0.2, 0.25) is 0 Å². The summed E-state index contributed by atoms with van der Waals surface area (Å²) >= 11 is 0. The maximum atomic E-state index is 13.1. The fourth-order valence-corrected chi connectivity index (χ4v) is 4.76. The summed E-state index contributed by atoms with van der Waals surface area (Å²) in [4.78, 5) is 2.09. The van der Waals surface area contributed by atoms with Crippen LogP contribution in [0.5, 0.6) is 5.75 Å². The van der Waals surface area contributed by atoms with E-state index in [4.69, 9.17) is 9.47 Å². The quantitative estimate of drug-likeness (QED) is 0.737. The molecule has 1 aliphatic heterocycles. The van der Waals surface area contributed by atoms with Gasteiger partial charge in [0.15, 0.2) is 0 Å². The molecule has 0 aromatic heterocycles. The number of ether oxygens (including phenoxy) is 2. The van der Waals surface area contributed by atoms with E-state index in [1.54, 1.807) is 12.1 Å². The largest absolute Gasteiger partial charge is 0.490 e. The Balaban J connectivity index is 1.32. The molecule has 2 aromatic carbocycles. The van der Waals surface area contributed by atoms with Crippen molar-refractivity contribution in [1.82, 2.24) is 4.90 Å². The number of halogens is 1. The van der Waals surface area contributed by atoms with Crippen LogP contribution >= 0.6 is 0 Å². The number of β-amino-alcohol motifs (C(OH)–C–C–N with tert-alkyl or cyclic N) is 2. The van der Waals surface area contributed by atoms with Crippen LogP contribution in [0, 0.1) is 5.82 Å². The third kappa shape index (κ3) is 6.04. The molecule has 2 N–H and O–H groups in total. The molecule has 1 heterocycles. The SMILES string of the molecule is OC1(CN2CCOC[C@@](O)(COc3ccc(F)cc3)C2)CCC(c2ccccc2)CC1. The molecule has 6 heteroatoms. The molecule has 168 valence electrons. The second-order valence-corrected chi connectivity index (χ2v) is 9.14. The van der Waals surface area contributed by atoms with Crippen LogP contribution in [0.1, 0.15) is 37.2 Å². The normalized spacial score (nSPS) is 30.0. The first-order chi connectivity index (χ1) is 14.9. The molecular weight excluding hydrogens is 397 g/mol. The third-order valence-corrected chi connectivity index (χ3v) is 6.47. The van der Waals surface area contributed by atoms with Gasteiger partial charge in [0.25, 0.3) is 0 Å². The average Bonchev–Trinajstić information content (AvgIpc) is 2.95. The summed E-state index contributed by atoms with van der Waals surface area (Å²) in [6, 6.07) is 16.3. The average molecular weight is 430 g/mol. The molecule has 2 aromatic rings. The lowest BCUT2D eigenvalue weighted by Crippen LogP contribution is -2.53. The highest BCUT2D eigenvalue weighted by atomic mass is 19.1. The van der Waals surface area contributed by atoms with Crippen LogP contribution in [0.15, 0.2) is 54.6 Å². The minimum Gasteiger partial charge on any atom is -0.490 e. The molecular formula is C25H32FNO4. The van der Waals surface area contributed by atoms with Crippen molar-refractivity contribution in [2.45, 2.75) is 42.8 Å². The smallest absolute Gasteiger partial charge is 0.134 e. The molecule has 2 fully saturated rings. The van der Waals surface area contributed by atoms with Crippen molar-refractivity contribution in [3.05, 3.63) is 66.0 Å².